The maximum absolute atomic E-state index is 13.0. The van der Waals surface area contributed by atoms with Crippen molar-refractivity contribution in [1.82, 2.24) is 15.0 Å². The molecule has 0 radical (unpaired) electrons. The molecule has 0 saturated carbocycles. The van der Waals surface area contributed by atoms with E-state index in [1.807, 2.05) is 6.07 Å². The summed E-state index contributed by atoms with van der Waals surface area (Å²) in [6.45, 7) is 0. The van der Waals surface area contributed by atoms with Crippen LogP contribution in [0.15, 0.2) is 48.8 Å². The first kappa shape index (κ1) is 17.9. The highest BCUT2D eigenvalue weighted by Crippen LogP contribution is 2.36. The second kappa shape index (κ2) is 7.17. The summed E-state index contributed by atoms with van der Waals surface area (Å²) in [5, 5.41) is 5.32. The van der Waals surface area contributed by atoms with Crippen molar-refractivity contribution in [2.75, 3.05) is 17.7 Å². The summed E-state index contributed by atoms with van der Waals surface area (Å²) in [7, 11) is 1.65. The summed E-state index contributed by atoms with van der Waals surface area (Å²) < 4.78 is 39.1. The molecule has 3 rings (SSSR count). The highest BCUT2D eigenvalue weighted by atomic mass is 35.5. The van der Waals surface area contributed by atoms with Crippen LogP contribution in [0.5, 0.6) is 0 Å². The smallest absolute Gasteiger partial charge is 0.357 e. The second-order valence-electron chi connectivity index (χ2n) is 5.27. The van der Waals surface area contributed by atoms with Gasteiger partial charge in [0.1, 0.15) is 5.82 Å². The van der Waals surface area contributed by atoms with Gasteiger partial charge in [0.2, 0.25) is 5.95 Å². The third-order valence-electron chi connectivity index (χ3n) is 3.45. The van der Waals surface area contributed by atoms with Gasteiger partial charge in [0.05, 0.1) is 16.3 Å². The fourth-order valence-corrected chi connectivity index (χ4v) is 2.48. The van der Waals surface area contributed by atoms with Crippen LogP contribution in [0, 0.1) is 0 Å². The third kappa shape index (κ3) is 4.02. The molecule has 0 unspecified atom stereocenters. The Morgan fingerprint density at radius 1 is 1.08 bits per heavy atom. The number of nitrogens with zero attached hydrogens (tertiary/aromatic N) is 3. The van der Waals surface area contributed by atoms with Crippen LogP contribution in [-0.4, -0.2) is 22.0 Å². The van der Waals surface area contributed by atoms with Crippen molar-refractivity contribution in [2.24, 2.45) is 0 Å². The zero-order valence-corrected chi connectivity index (χ0v) is 14.2. The van der Waals surface area contributed by atoms with E-state index in [4.69, 9.17) is 11.6 Å². The predicted molar refractivity (Wildman–Crippen MR) is 94.5 cm³/mol. The van der Waals surface area contributed by atoms with Crippen LogP contribution < -0.4 is 10.6 Å². The first-order valence-corrected chi connectivity index (χ1v) is 7.85. The normalized spacial score (nSPS) is 11.3. The van der Waals surface area contributed by atoms with Crippen LogP contribution in [0.25, 0.3) is 11.3 Å². The number of rotatable bonds is 4. The third-order valence-corrected chi connectivity index (χ3v) is 3.78. The molecular formula is C17H13ClF3N5. The molecule has 0 aliphatic heterocycles. The lowest BCUT2D eigenvalue weighted by Crippen LogP contribution is -2.07. The summed E-state index contributed by atoms with van der Waals surface area (Å²) in [6, 6.07) is 8.78. The Kier molecular flexibility index (Phi) is 4.94. The van der Waals surface area contributed by atoms with Gasteiger partial charge in [-0.15, -0.1) is 0 Å². The van der Waals surface area contributed by atoms with Crippen LogP contribution in [-0.2, 0) is 6.18 Å². The van der Waals surface area contributed by atoms with Gasteiger partial charge in [-0.05, 0) is 30.3 Å². The summed E-state index contributed by atoms with van der Waals surface area (Å²) in [6.07, 6.45) is -1.28. The van der Waals surface area contributed by atoms with Gasteiger partial charge in [-0.1, -0.05) is 11.6 Å². The van der Waals surface area contributed by atoms with Crippen LogP contribution in [0.4, 0.5) is 30.6 Å². The summed E-state index contributed by atoms with van der Waals surface area (Å²) in [5.74, 6) is 0.650. The van der Waals surface area contributed by atoms with Crippen LogP contribution >= 0.6 is 11.6 Å². The van der Waals surface area contributed by atoms with Crippen LogP contribution in [0.2, 0.25) is 5.02 Å². The average molecular weight is 380 g/mol. The van der Waals surface area contributed by atoms with E-state index in [0.717, 1.165) is 11.6 Å². The van der Waals surface area contributed by atoms with E-state index in [-0.39, 0.29) is 10.7 Å². The van der Waals surface area contributed by atoms with Crippen molar-refractivity contribution in [3.8, 4) is 11.3 Å². The van der Waals surface area contributed by atoms with Crippen molar-refractivity contribution in [3.05, 3.63) is 59.4 Å². The van der Waals surface area contributed by atoms with Crippen LogP contribution in [0.3, 0.4) is 0 Å². The molecule has 0 atom stereocenters. The SMILES string of the molecule is CNc1nc(Nc2ccc(Cl)c(C(F)(F)F)c2)cc(-c2cccnc2)n1. The van der Waals surface area contributed by atoms with Crippen molar-refractivity contribution in [1.29, 1.82) is 0 Å². The molecule has 0 fully saturated rings. The zero-order valence-electron chi connectivity index (χ0n) is 13.5. The molecule has 0 amide bonds. The van der Waals surface area contributed by atoms with Gasteiger partial charge in [0, 0.05) is 36.8 Å². The monoisotopic (exact) mass is 379 g/mol. The van der Waals surface area contributed by atoms with Gasteiger partial charge in [0.15, 0.2) is 0 Å². The van der Waals surface area contributed by atoms with E-state index in [0.29, 0.717) is 17.5 Å². The van der Waals surface area contributed by atoms with Gasteiger partial charge in [-0.25, -0.2) is 4.98 Å². The quantitative estimate of drug-likeness (QED) is 0.668. The number of halogens is 4. The van der Waals surface area contributed by atoms with E-state index < -0.39 is 11.7 Å². The molecule has 0 spiro atoms. The summed E-state index contributed by atoms with van der Waals surface area (Å²) >= 11 is 5.65. The van der Waals surface area contributed by atoms with Gasteiger partial charge in [-0.2, -0.15) is 18.2 Å². The van der Waals surface area contributed by atoms with Crippen molar-refractivity contribution < 1.29 is 13.2 Å². The largest absolute Gasteiger partial charge is 0.417 e. The molecule has 0 aliphatic carbocycles. The molecule has 0 aliphatic rings. The van der Waals surface area contributed by atoms with E-state index >= 15 is 0 Å². The summed E-state index contributed by atoms with van der Waals surface area (Å²) in [4.78, 5) is 12.6. The molecule has 2 aromatic heterocycles. The Balaban J connectivity index is 1.98. The number of nitrogens with one attached hydrogen (secondary N) is 2. The van der Waals surface area contributed by atoms with Gasteiger partial charge in [0.25, 0.3) is 0 Å². The first-order valence-electron chi connectivity index (χ1n) is 7.48. The first-order chi connectivity index (χ1) is 12.4. The topological polar surface area (TPSA) is 62.7 Å². The highest BCUT2D eigenvalue weighted by molar-refractivity contribution is 6.31. The Morgan fingerprint density at radius 2 is 1.88 bits per heavy atom. The predicted octanol–water partition coefficient (Wildman–Crippen LogP) is 5.00. The molecule has 26 heavy (non-hydrogen) atoms. The van der Waals surface area contributed by atoms with E-state index in [1.165, 1.54) is 12.1 Å². The minimum atomic E-state index is -4.54. The van der Waals surface area contributed by atoms with E-state index in [1.54, 1.807) is 31.6 Å². The number of pyridine rings is 1. The molecule has 2 N–H and O–H groups in total. The maximum Gasteiger partial charge on any atom is 0.417 e. The molecule has 9 heteroatoms. The zero-order chi connectivity index (χ0) is 18.7. The number of anilines is 3. The minimum absolute atomic E-state index is 0.208. The Bertz CT molecular complexity index is 916. The van der Waals surface area contributed by atoms with E-state index in [2.05, 4.69) is 25.6 Å². The Hall–Kier alpha value is -2.87. The number of alkyl halides is 3. The molecule has 5 nitrogen and oxygen atoms in total. The lowest BCUT2D eigenvalue weighted by atomic mass is 10.2. The average Bonchev–Trinajstić information content (AvgIpc) is 2.63. The maximum atomic E-state index is 13.0. The van der Waals surface area contributed by atoms with Crippen molar-refractivity contribution in [3.63, 3.8) is 0 Å². The molecule has 1 aromatic carbocycles. The number of hydrogen-bond acceptors (Lipinski definition) is 5. The van der Waals surface area contributed by atoms with Gasteiger partial charge in [-0.3, -0.25) is 4.98 Å². The molecule has 0 saturated heterocycles. The summed E-state index contributed by atoms with van der Waals surface area (Å²) in [5.41, 5.74) is 0.616. The van der Waals surface area contributed by atoms with Crippen molar-refractivity contribution >= 4 is 29.1 Å². The molecular weight excluding hydrogens is 367 g/mol. The number of benzene rings is 1. The van der Waals surface area contributed by atoms with E-state index in [9.17, 15) is 13.2 Å². The highest BCUT2D eigenvalue weighted by Gasteiger charge is 2.33. The molecule has 3 aromatic rings. The van der Waals surface area contributed by atoms with Gasteiger partial charge < -0.3 is 10.6 Å². The minimum Gasteiger partial charge on any atom is -0.357 e. The van der Waals surface area contributed by atoms with Crippen LogP contribution in [0.1, 0.15) is 5.56 Å². The Labute approximate surface area is 152 Å². The lowest BCUT2D eigenvalue weighted by Gasteiger charge is -2.13. The molecule has 0 bridgehead atoms. The fraction of sp³-hybridized carbons (Fsp3) is 0.118. The fourth-order valence-electron chi connectivity index (χ4n) is 2.25. The Morgan fingerprint density at radius 3 is 2.54 bits per heavy atom. The lowest BCUT2D eigenvalue weighted by molar-refractivity contribution is -0.137. The number of aromatic nitrogens is 3. The van der Waals surface area contributed by atoms with Gasteiger partial charge >= 0.3 is 6.18 Å². The molecule has 2 heterocycles. The molecule has 134 valence electrons. The van der Waals surface area contributed by atoms with Crippen molar-refractivity contribution in [2.45, 2.75) is 6.18 Å². The second-order valence-corrected chi connectivity index (χ2v) is 5.68. The number of hydrogen-bond donors (Lipinski definition) is 2. The standard InChI is InChI=1S/C17H13ClF3N5/c1-22-16-25-14(10-3-2-6-23-9-10)8-15(26-16)24-11-4-5-13(18)12(7-11)17(19,20)21/h2-9H,1H3,(H2,22,24,25,26).